The molecule has 18 heavy (non-hydrogen) atoms. The first kappa shape index (κ1) is 14.0. The number of thioether (sulfide) groups is 2. The van der Waals surface area contributed by atoms with Crippen LogP contribution in [0.2, 0.25) is 0 Å². The van der Waals surface area contributed by atoms with E-state index in [-0.39, 0.29) is 11.0 Å². The van der Waals surface area contributed by atoms with Gasteiger partial charge >= 0.3 is 0 Å². The topological polar surface area (TPSA) is 34.9 Å². The summed E-state index contributed by atoms with van der Waals surface area (Å²) in [6.45, 7) is 7.44. The van der Waals surface area contributed by atoms with Gasteiger partial charge in [0.25, 0.3) is 0 Å². The Morgan fingerprint density at radius 3 is 2.94 bits per heavy atom. The Bertz CT molecular complexity index is 419. The third kappa shape index (κ3) is 3.12. The first-order valence-electron chi connectivity index (χ1n) is 6.45. The molecule has 0 radical (unpaired) electrons. The molecule has 1 aliphatic heterocycles. The van der Waals surface area contributed by atoms with Crippen molar-refractivity contribution in [2.24, 2.45) is 0 Å². The van der Waals surface area contributed by atoms with Crippen molar-refractivity contribution in [3.63, 3.8) is 0 Å². The number of carbonyl (C=O) groups excluding carboxylic acids is 1. The van der Waals surface area contributed by atoms with Crippen molar-refractivity contribution in [1.29, 1.82) is 0 Å². The van der Waals surface area contributed by atoms with Crippen LogP contribution in [0.25, 0.3) is 0 Å². The Labute approximate surface area is 117 Å². The smallest absolute Gasteiger partial charge is 0.179 e. The van der Waals surface area contributed by atoms with Crippen LogP contribution in [0.5, 0.6) is 0 Å². The minimum absolute atomic E-state index is 0.0977. The zero-order valence-electron chi connectivity index (χ0n) is 11.1. The van der Waals surface area contributed by atoms with Crippen molar-refractivity contribution in [1.82, 2.24) is 9.78 Å². The van der Waals surface area contributed by atoms with E-state index < -0.39 is 0 Å². The van der Waals surface area contributed by atoms with E-state index in [0.717, 1.165) is 24.3 Å². The van der Waals surface area contributed by atoms with Gasteiger partial charge in [0, 0.05) is 29.0 Å². The first-order valence-corrected chi connectivity index (χ1v) is 8.44. The average molecular weight is 284 g/mol. The maximum atomic E-state index is 12.4. The summed E-state index contributed by atoms with van der Waals surface area (Å²) in [6.07, 6.45) is 4.64. The highest BCUT2D eigenvalue weighted by atomic mass is 32.2. The van der Waals surface area contributed by atoms with Gasteiger partial charge in [-0.3, -0.25) is 9.48 Å². The predicted octanol–water partition coefficient (Wildman–Crippen LogP) is 3.10. The van der Waals surface area contributed by atoms with Gasteiger partial charge in [-0.1, -0.05) is 20.8 Å². The molecule has 1 aliphatic rings. The maximum absolute atomic E-state index is 12.4. The average Bonchev–Trinajstić information content (AvgIpc) is 2.81. The number of nitrogens with zero attached hydrogens (tertiary/aromatic N) is 2. The van der Waals surface area contributed by atoms with Gasteiger partial charge in [-0.05, 0) is 6.42 Å². The highest BCUT2D eigenvalue weighted by molar-refractivity contribution is 8.08. The molecule has 0 spiro atoms. The predicted molar refractivity (Wildman–Crippen MR) is 79.6 cm³/mol. The van der Waals surface area contributed by atoms with Gasteiger partial charge in [0.05, 0.1) is 17.0 Å². The van der Waals surface area contributed by atoms with Gasteiger partial charge in [-0.15, -0.1) is 11.8 Å². The Kier molecular flexibility index (Phi) is 4.78. The molecule has 0 N–H and O–H groups in total. The van der Waals surface area contributed by atoms with Crippen molar-refractivity contribution in [2.45, 2.75) is 49.5 Å². The molecule has 1 saturated heterocycles. The van der Waals surface area contributed by atoms with Gasteiger partial charge < -0.3 is 0 Å². The van der Waals surface area contributed by atoms with Gasteiger partial charge in [0.2, 0.25) is 0 Å². The first-order chi connectivity index (χ1) is 8.61. The Morgan fingerprint density at radius 2 is 2.28 bits per heavy atom. The third-order valence-electron chi connectivity index (χ3n) is 3.21. The second kappa shape index (κ2) is 6.15. The van der Waals surface area contributed by atoms with Crippen LogP contribution in [0.1, 0.15) is 37.6 Å². The molecule has 1 aromatic rings. The summed E-state index contributed by atoms with van der Waals surface area (Å²) < 4.78 is 1.86. The van der Waals surface area contributed by atoms with E-state index in [1.165, 1.54) is 0 Å². The van der Waals surface area contributed by atoms with Crippen LogP contribution in [0.15, 0.2) is 12.4 Å². The molecule has 0 aromatic carbocycles. The van der Waals surface area contributed by atoms with E-state index in [4.69, 9.17) is 0 Å². The second-order valence-electron chi connectivity index (χ2n) is 4.72. The van der Waals surface area contributed by atoms with Crippen molar-refractivity contribution < 1.29 is 4.79 Å². The minimum Gasteiger partial charge on any atom is -0.293 e. The number of Topliss-reactive ketones (excluding diaryl/α,β-unsaturated/α-hetero) is 1. The lowest BCUT2D eigenvalue weighted by Crippen LogP contribution is -2.31. The zero-order chi connectivity index (χ0) is 13.1. The molecule has 1 aromatic heterocycles. The summed E-state index contributed by atoms with van der Waals surface area (Å²) >= 11 is 3.72. The standard InChI is InChI=1S/C13H20N2OS2/c1-4-5-15-7-11(6-14-15)13(16)12-8-17-9(2)10(3)18-12/h6-7,9-10,12H,4-5,8H2,1-3H3. The fourth-order valence-electron chi connectivity index (χ4n) is 1.95. The molecule has 0 amide bonds. The number of hydrogen-bond donors (Lipinski definition) is 0. The van der Waals surface area contributed by atoms with Gasteiger partial charge in [0.1, 0.15) is 0 Å². The lowest BCUT2D eigenvalue weighted by Gasteiger charge is -2.30. The number of aryl methyl sites for hydroxylation is 1. The molecule has 0 aliphatic carbocycles. The number of aromatic nitrogens is 2. The molecule has 100 valence electrons. The Hall–Kier alpha value is -0.420. The molecule has 0 bridgehead atoms. The van der Waals surface area contributed by atoms with Crippen molar-refractivity contribution >= 4 is 29.3 Å². The van der Waals surface area contributed by atoms with E-state index in [2.05, 4.69) is 25.9 Å². The highest BCUT2D eigenvalue weighted by Crippen LogP contribution is 2.36. The van der Waals surface area contributed by atoms with Gasteiger partial charge in [0.15, 0.2) is 5.78 Å². The number of carbonyl (C=O) groups is 1. The lowest BCUT2D eigenvalue weighted by atomic mass is 10.2. The van der Waals surface area contributed by atoms with E-state index in [9.17, 15) is 4.79 Å². The molecule has 2 rings (SSSR count). The SMILES string of the molecule is CCCn1cc(C(=O)C2CSC(C)C(C)S2)cn1. The summed E-state index contributed by atoms with van der Waals surface area (Å²) in [5, 5.41) is 5.52. The molecule has 3 unspecified atom stereocenters. The summed E-state index contributed by atoms with van der Waals surface area (Å²) in [6, 6.07) is 0. The zero-order valence-corrected chi connectivity index (χ0v) is 12.8. The molecular weight excluding hydrogens is 264 g/mol. The molecular formula is C13H20N2OS2. The summed E-state index contributed by atoms with van der Waals surface area (Å²) in [4.78, 5) is 12.4. The lowest BCUT2D eigenvalue weighted by molar-refractivity contribution is 0.0994. The van der Waals surface area contributed by atoms with Gasteiger partial charge in [-0.25, -0.2) is 0 Å². The maximum Gasteiger partial charge on any atom is 0.179 e. The largest absolute Gasteiger partial charge is 0.293 e. The summed E-state index contributed by atoms with van der Waals surface area (Å²) in [7, 11) is 0. The van der Waals surface area contributed by atoms with E-state index >= 15 is 0 Å². The van der Waals surface area contributed by atoms with E-state index in [1.54, 1.807) is 6.20 Å². The molecule has 2 heterocycles. The van der Waals surface area contributed by atoms with Crippen LogP contribution in [0.4, 0.5) is 0 Å². The van der Waals surface area contributed by atoms with Crippen LogP contribution in [0, 0.1) is 0 Å². The van der Waals surface area contributed by atoms with Crippen molar-refractivity contribution in [2.75, 3.05) is 5.75 Å². The molecule has 0 saturated carbocycles. The second-order valence-corrected chi connectivity index (χ2v) is 7.72. The molecule has 1 fully saturated rings. The van der Waals surface area contributed by atoms with Crippen LogP contribution < -0.4 is 0 Å². The summed E-state index contributed by atoms with van der Waals surface area (Å²) in [5.41, 5.74) is 0.767. The van der Waals surface area contributed by atoms with Crippen LogP contribution >= 0.6 is 23.5 Å². The number of rotatable bonds is 4. The minimum atomic E-state index is 0.0977. The third-order valence-corrected chi connectivity index (χ3v) is 6.60. The fourth-order valence-corrected chi connectivity index (χ4v) is 4.83. The Balaban J connectivity index is 2.02. The van der Waals surface area contributed by atoms with Crippen molar-refractivity contribution in [3.05, 3.63) is 18.0 Å². The normalized spacial score (nSPS) is 28.3. The Morgan fingerprint density at radius 1 is 1.50 bits per heavy atom. The molecule has 3 atom stereocenters. The molecule has 3 nitrogen and oxygen atoms in total. The van der Waals surface area contributed by atoms with Crippen LogP contribution in [-0.4, -0.2) is 37.1 Å². The van der Waals surface area contributed by atoms with Gasteiger partial charge in [-0.2, -0.15) is 16.9 Å². The quantitative estimate of drug-likeness (QED) is 0.796. The van der Waals surface area contributed by atoms with Crippen LogP contribution in [0.3, 0.4) is 0 Å². The fraction of sp³-hybridized carbons (Fsp3) is 0.692. The monoisotopic (exact) mass is 284 g/mol. The summed E-state index contributed by atoms with van der Waals surface area (Å²) in [5.74, 6) is 1.17. The van der Waals surface area contributed by atoms with Crippen molar-refractivity contribution in [3.8, 4) is 0 Å². The van der Waals surface area contributed by atoms with E-state index in [0.29, 0.717) is 10.5 Å². The van der Waals surface area contributed by atoms with E-state index in [1.807, 2.05) is 34.4 Å². The molecule has 5 heteroatoms. The van der Waals surface area contributed by atoms with Crippen LogP contribution in [-0.2, 0) is 6.54 Å². The highest BCUT2D eigenvalue weighted by Gasteiger charge is 2.31. The number of hydrogen-bond acceptors (Lipinski definition) is 4. The number of ketones is 1.